The number of hydrogen-bond donors (Lipinski definition) is 1. The smallest absolute Gasteiger partial charge is 0.265 e. The van der Waals surface area contributed by atoms with Gasteiger partial charge in [0.15, 0.2) is 18.1 Å². The molecular formula is C21H21N3O4. The first kappa shape index (κ1) is 19.2. The number of fused-ring (bicyclic) bond motifs is 1. The number of carbonyl (C=O) groups excluding carboxylic acids is 2. The van der Waals surface area contributed by atoms with E-state index in [1.165, 1.54) is 0 Å². The van der Waals surface area contributed by atoms with Crippen LogP contribution in [0, 0.1) is 11.3 Å². The molecule has 28 heavy (non-hydrogen) atoms. The van der Waals surface area contributed by atoms with E-state index in [0.29, 0.717) is 35.0 Å². The molecule has 2 aromatic rings. The van der Waals surface area contributed by atoms with Crippen molar-refractivity contribution in [1.29, 1.82) is 5.26 Å². The second-order valence-corrected chi connectivity index (χ2v) is 6.38. The predicted octanol–water partition coefficient (Wildman–Crippen LogP) is 3.10. The van der Waals surface area contributed by atoms with E-state index in [9.17, 15) is 9.59 Å². The van der Waals surface area contributed by atoms with Gasteiger partial charge in [0.25, 0.3) is 5.91 Å². The molecule has 1 atom stereocenters. The summed E-state index contributed by atoms with van der Waals surface area (Å²) in [6.07, 6.45) is 0.196. The Bertz CT molecular complexity index is 935. The third-order valence-electron chi connectivity index (χ3n) is 4.35. The van der Waals surface area contributed by atoms with Crippen molar-refractivity contribution >= 4 is 23.2 Å². The van der Waals surface area contributed by atoms with Crippen LogP contribution >= 0.6 is 0 Å². The zero-order valence-corrected chi connectivity index (χ0v) is 15.8. The average molecular weight is 379 g/mol. The molecule has 2 amide bonds. The number of para-hydroxylation sites is 2. The first-order chi connectivity index (χ1) is 13.5. The van der Waals surface area contributed by atoms with Gasteiger partial charge in [-0.15, -0.1) is 0 Å². The SMILES string of the molecule is CCOc1cc(C#N)ccc1OCC(=O)N1c2ccccc2NC(=O)C[C@@H]1C. The van der Waals surface area contributed by atoms with Crippen LogP contribution in [0.4, 0.5) is 11.4 Å². The number of nitriles is 1. The van der Waals surface area contributed by atoms with Gasteiger partial charge >= 0.3 is 0 Å². The Hall–Kier alpha value is -3.53. The van der Waals surface area contributed by atoms with Crippen LogP contribution in [0.25, 0.3) is 0 Å². The van der Waals surface area contributed by atoms with Crippen molar-refractivity contribution in [3.8, 4) is 17.6 Å². The summed E-state index contributed by atoms with van der Waals surface area (Å²) in [6, 6.07) is 13.7. The van der Waals surface area contributed by atoms with E-state index in [0.717, 1.165) is 0 Å². The number of ether oxygens (including phenoxy) is 2. The second kappa shape index (κ2) is 8.44. The van der Waals surface area contributed by atoms with E-state index >= 15 is 0 Å². The van der Waals surface area contributed by atoms with Crippen LogP contribution in [0.5, 0.6) is 11.5 Å². The molecule has 0 fully saturated rings. The highest BCUT2D eigenvalue weighted by molar-refractivity contribution is 6.04. The fourth-order valence-electron chi connectivity index (χ4n) is 3.14. The van der Waals surface area contributed by atoms with Crippen LogP contribution in [-0.4, -0.2) is 31.1 Å². The van der Waals surface area contributed by atoms with Gasteiger partial charge in [0.05, 0.1) is 29.6 Å². The fourth-order valence-corrected chi connectivity index (χ4v) is 3.14. The first-order valence-corrected chi connectivity index (χ1v) is 9.04. The molecule has 144 valence electrons. The Kier molecular flexibility index (Phi) is 5.80. The van der Waals surface area contributed by atoms with Crippen molar-refractivity contribution in [2.24, 2.45) is 0 Å². The third kappa shape index (κ3) is 4.07. The number of hydrogen-bond acceptors (Lipinski definition) is 5. The summed E-state index contributed by atoms with van der Waals surface area (Å²) in [4.78, 5) is 26.6. The Morgan fingerprint density at radius 1 is 1.25 bits per heavy atom. The lowest BCUT2D eigenvalue weighted by Gasteiger charge is -2.27. The van der Waals surface area contributed by atoms with Gasteiger partial charge in [0.1, 0.15) is 0 Å². The van der Waals surface area contributed by atoms with Crippen LogP contribution in [0.3, 0.4) is 0 Å². The molecule has 7 nitrogen and oxygen atoms in total. The Labute approximate surface area is 163 Å². The summed E-state index contributed by atoms with van der Waals surface area (Å²) < 4.78 is 11.2. The standard InChI is InChI=1S/C21H21N3O4/c1-3-27-19-11-15(12-22)8-9-18(19)28-13-21(26)24-14(2)10-20(25)23-16-6-4-5-7-17(16)24/h4-9,11,14H,3,10,13H2,1-2H3,(H,23,25)/t14-/m0/s1. The van der Waals surface area contributed by atoms with Crippen LogP contribution in [-0.2, 0) is 9.59 Å². The largest absolute Gasteiger partial charge is 0.490 e. The molecule has 1 aliphatic heterocycles. The maximum Gasteiger partial charge on any atom is 0.265 e. The molecule has 3 rings (SSSR count). The maximum atomic E-state index is 13.0. The molecule has 0 aromatic heterocycles. The molecule has 0 spiro atoms. The van der Waals surface area contributed by atoms with E-state index < -0.39 is 0 Å². The molecule has 0 aliphatic carbocycles. The second-order valence-electron chi connectivity index (χ2n) is 6.38. The van der Waals surface area contributed by atoms with Crippen molar-refractivity contribution in [3.05, 3.63) is 48.0 Å². The fraction of sp³-hybridized carbons (Fsp3) is 0.286. The monoisotopic (exact) mass is 379 g/mol. The van der Waals surface area contributed by atoms with Gasteiger partial charge in [0.2, 0.25) is 5.91 Å². The topological polar surface area (TPSA) is 91.7 Å². The summed E-state index contributed by atoms with van der Waals surface area (Å²) in [7, 11) is 0. The number of anilines is 2. The van der Waals surface area contributed by atoms with Crippen molar-refractivity contribution in [2.75, 3.05) is 23.4 Å². The van der Waals surface area contributed by atoms with Crippen molar-refractivity contribution in [2.45, 2.75) is 26.3 Å². The molecule has 2 aromatic carbocycles. The summed E-state index contributed by atoms with van der Waals surface area (Å²) in [5.74, 6) is 0.389. The molecule has 0 unspecified atom stereocenters. The van der Waals surface area contributed by atoms with Gasteiger partial charge in [-0.2, -0.15) is 5.26 Å². The molecule has 1 heterocycles. The number of nitrogens with zero attached hydrogens (tertiary/aromatic N) is 2. The van der Waals surface area contributed by atoms with Crippen LogP contribution in [0.15, 0.2) is 42.5 Å². The Morgan fingerprint density at radius 2 is 2.04 bits per heavy atom. The van der Waals surface area contributed by atoms with Gasteiger partial charge in [-0.05, 0) is 38.1 Å². The van der Waals surface area contributed by atoms with Crippen LogP contribution in [0.2, 0.25) is 0 Å². The summed E-state index contributed by atoms with van der Waals surface area (Å²) >= 11 is 0. The van der Waals surface area contributed by atoms with Gasteiger partial charge in [-0.3, -0.25) is 9.59 Å². The molecule has 0 radical (unpaired) electrons. The highest BCUT2D eigenvalue weighted by Crippen LogP contribution is 2.32. The normalized spacial score (nSPS) is 15.7. The van der Waals surface area contributed by atoms with Crippen LogP contribution < -0.4 is 19.7 Å². The van der Waals surface area contributed by atoms with Gasteiger partial charge in [-0.1, -0.05) is 12.1 Å². The number of benzene rings is 2. The van der Waals surface area contributed by atoms with Crippen molar-refractivity contribution in [1.82, 2.24) is 0 Å². The maximum absolute atomic E-state index is 13.0. The van der Waals surface area contributed by atoms with E-state index in [-0.39, 0.29) is 30.9 Å². The Balaban J connectivity index is 1.82. The molecule has 1 N–H and O–H groups in total. The minimum absolute atomic E-state index is 0.137. The average Bonchev–Trinajstić information content (AvgIpc) is 2.81. The van der Waals surface area contributed by atoms with E-state index in [1.54, 1.807) is 41.3 Å². The molecular weight excluding hydrogens is 358 g/mol. The highest BCUT2D eigenvalue weighted by Gasteiger charge is 2.29. The predicted molar refractivity (Wildman–Crippen MR) is 104 cm³/mol. The number of amides is 2. The highest BCUT2D eigenvalue weighted by atomic mass is 16.5. The lowest BCUT2D eigenvalue weighted by Crippen LogP contribution is -2.41. The number of nitrogens with one attached hydrogen (secondary N) is 1. The van der Waals surface area contributed by atoms with Crippen molar-refractivity contribution in [3.63, 3.8) is 0 Å². The Morgan fingerprint density at radius 3 is 2.79 bits per heavy atom. The van der Waals surface area contributed by atoms with Gasteiger partial charge in [0, 0.05) is 18.5 Å². The lowest BCUT2D eigenvalue weighted by atomic mass is 10.1. The zero-order chi connectivity index (χ0) is 20.1. The lowest BCUT2D eigenvalue weighted by molar-refractivity contribution is -0.121. The number of carbonyl (C=O) groups is 2. The minimum Gasteiger partial charge on any atom is -0.490 e. The van der Waals surface area contributed by atoms with E-state index in [1.807, 2.05) is 26.0 Å². The summed E-state index contributed by atoms with van der Waals surface area (Å²) in [5, 5.41) is 11.9. The molecule has 0 bridgehead atoms. The summed E-state index contributed by atoms with van der Waals surface area (Å²) in [5.41, 5.74) is 1.68. The van der Waals surface area contributed by atoms with E-state index in [2.05, 4.69) is 5.32 Å². The zero-order valence-electron chi connectivity index (χ0n) is 15.8. The molecule has 0 saturated heterocycles. The molecule has 0 saturated carbocycles. The minimum atomic E-state index is -0.313. The quantitative estimate of drug-likeness (QED) is 0.862. The van der Waals surface area contributed by atoms with Crippen molar-refractivity contribution < 1.29 is 19.1 Å². The molecule has 1 aliphatic rings. The summed E-state index contributed by atoms with van der Waals surface area (Å²) in [6.45, 7) is 3.84. The van der Waals surface area contributed by atoms with E-state index in [4.69, 9.17) is 14.7 Å². The number of rotatable bonds is 5. The third-order valence-corrected chi connectivity index (χ3v) is 4.35. The van der Waals surface area contributed by atoms with Gasteiger partial charge in [-0.25, -0.2) is 0 Å². The molecule has 7 heteroatoms. The van der Waals surface area contributed by atoms with Crippen LogP contribution in [0.1, 0.15) is 25.8 Å². The first-order valence-electron chi connectivity index (χ1n) is 9.04. The van der Waals surface area contributed by atoms with Gasteiger partial charge < -0.3 is 19.7 Å².